The number of nitrogens with one attached hydrogen (secondary N) is 1. The van der Waals surface area contributed by atoms with Crippen molar-refractivity contribution in [3.63, 3.8) is 0 Å². The summed E-state index contributed by atoms with van der Waals surface area (Å²) in [6.45, 7) is 1.80. The van der Waals surface area contributed by atoms with Gasteiger partial charge in [-0.15, -0.1) is 0 Å². The smallest absolute Gasteiger partial charge is 0.263 e. The van der Waals surface area contributed by atoms with Gasteiger partial charge in [-0.05, 0) is 36.2 Å². The Bertz CT molecular complexity index is 1380. The number of hydrogen-bond donors (Lipinski definition) is 1. The average Bonchev–Trinajstić information content (AvgIpc) is 3.23. The minimum absolute atomic E-state index is 0.242. The van der Waals surface area contributed by atoms with Gasteiger partial charge in [0.2, 0.25) is 5.91 Å². The SMILES string of the molecule is CCC(SC1=Nc2ccccc2C2=NC(c3ccccc3)C(=O)N12)C(=O)Nc1cc(F)ccc1F. The van der Waals surface area contributed by atoms with E-state index in [0.29, 0.717) is 23.1 Å². The Morgan fingerprint density at radius 1 is 1.09 bits per heavy atom. The second kappa shape index (κ2) is 9.42. The van der Waals surface area contributed by atoms with Gasteiger partial charge in [0.25, 0.3) is 5.91 Å². The van der Waals surface area contributed by atoms with Crippen molar-refractivity contribution < 1.29 is 18.4 Å². The molecule has 176 valence electrons. The summed E-state index contributed by atoms with van der Waals surface area (Å²) in [6.07, 6.45) is 0.366. The molecule has 3 aromatic carbocycles. The summed E-state index contributed by atoms with van der Waals surface area (Å²) >= 11 is 1.09. The first-order chi connectivity index (χ1) is 17.0. The Kier molecular flexibility index (Phi) is 6.17. The van der Waals surface area contributed by atoms with Crippen LogP contribution >= 0.6 is 11.8 Å². The van der Waals surface area contributed by atoms with Crippen molar-refractivity contribution in [2.45, 2.75) is 24.6 Å². The molecule has 2 amide bonds. The van der Waals surface area contributed by atoms with Gasteiger partial charge in [-0.25, -0.2) is 23.7 Å². The molecule has 35 heavy (non-hydrogen) atoms. The van der Waals surface area contributed by atoms with Crippen molar-refractivity contribution in [1.82, 2.24) is 4.90 Å². The normalized spacial score (nSPS) is 17.3. The number of thioether (sulfide) groups is 1. The third-order valence-electron chi connectivity index (χ3n) is 5.68. The van der Waals surface area contributed by atoms with Crippen LogP contribution in [0.2, 0.25) is 0 Å². The Balaban J connectivity index is 1.46. The first kappa shape index (κ1) is 22.9. The maximum atomic E-state index is 14.1. The van der Waals surface area contributed by atoms with Crippen molar-refractivity contribution in [3.8, 4) is 0 Å². The van der Waals surface area contributed by atoms with Gasteiger partial charge in [-0.1, -0.05) is 61.2 Å². The lowest BCUT2D eigenvalue weighted by molar-refractivity contribution is -0.124. The number of fused-ring (bicyclic) bond motifs is 3. The molecular weight excluding hydrogens is 470 g/mol. The van der Waals surface area contributed by atoms with E-state index < -0.39 is 28.8 Å². The van der Waals surface area contributed by atoms with Crippen molar-refractivity contribution in [1.29, 1.82) is 0 Å². The molecule has 0 aromatic heterocycles. The molecule has 2 unspecified atom stereocenters. The van der Waals surface area contributed by atoms with Gasteiger partial charge in [0, 0.05) is 11.6 Å². The lowest BCUT2D eigenvalue weighted by atomic mass is 10.1. The quantitative estimate of drug-likeness (QED) is 0.517. The van der Waals surface area contributed by atoms with Crippen LogP contribution in [0.1, 0.15) is 30.5 Å². The van der Waals surface area contributed by atoms with E-state index >= 15 is 0 Å². The van der Waals surface area contributed by atoms with E-state index in [9.17, 15) is 18.4 Å². The first-order valence-electron chi connectivity index (χ1n) is 11.0. The number of para-hydroxylation sites is 1. The Morgan fingerprint density at radius 2 is 1.83 bits per heavy atom. The van der Waals surface area contributed by atoms with Gasteiger partial charge in [0.15, 0.2) is 11.2 Å². The molecule has 0 radical (unpaired) electrons. The van der Waals surface area contributed by atoms with E-state index in [4.69, 9.17) is 4.99 Å². The van der Waals surface area contributed by atoms with Crippen LogP contribution in [0, 0.1) is 11.6 Å². The molecule has 0 aliphatic carbocycles. The molecule has 0 saturated carbocycles. The zero-order valence-electron chi connectivity index (χ0n) is 18.6. The summed E-state index contributed by atoms with van der Waals surface area (Å²) in [7, 11) is 0. The predicted molar refractivity (Wildman–Crippen MR) is 133 cm³/mol. The highest BCUT2D eigenvalue weighted by Crippen LogP contribution is 2.38. The van der Waals surface area contributed by atoms with Crippen LogP contribution in [-0.4, -0.2) is 33.0 Å². The number of nitrogens with zero attached hydrogens (tertiary/aromatic N) is 3. The highest BCUT2D eigenvalue weighted by molar-refractivity contribution is 8.15. The van der Waals surface area contributed by atoms with Gasteiger partial charge >= 0.3 is 0 Å². The predicted octanol–water partition coefficient (Wildman–Crippen LogP) is 5.45. The molecule has 0 bridgehead atoms. The number of amidine groups is 2. The fourth-order valence-electron chi connectivity index (χ4n) is 3.94. The lowest BCUT2D eigenvalue weighted by Crippen LogP contribution is -2.41. The number of benzene rings is 3. The maximum Gasteiger partial charge on any atom is 0.263 e. The number of carbonyl (C=O) groups excluding carboxylic acids is 2. The summed E-state index contributed by atoms with van der Waals surface area (Å²) in [5.41, 5.74) is 1.88. The van der Waals surface area contributed by atoms with Gasteiger partial charge in [0.1, 0.15) is 17.5 Å². The van der Waals surface area contributed by atoms with Crippen LogP contribution < -0.4 is 5.32 Å². The summed E-state index contributed by atoms with van der Waals surface area (Å²) in [6, 6.07) is 18.7. The van der Waals surface area contributed by atoms with Gasteiger partial charge in [-0.3, -0.25) is 9.59 Å². The Morgan fingerprint density at radius 3 is 2.60 bits per heavy atom. The van der Waals surface area contributed by atoms with E-state index in [0.717, 1.165) is 41.1 Å². The number of aliphatic imine (C=N–C) groups is 2. The van der Waals surface area contributed by atoms with Crippen molar-refractivity contribution in [2.75, 3.05) is 5.32 Å². The van der Waals surface area contributed by atoms with Crippen molar-refractivity contribution >= 4 is 46.0 Å². The molecule has 5 rings (SSSR count). The van der Waals surface area contributed by atoms with Crippen LogP contribution in [0.15, 0.2) is 82.8 Å². The van der Waals surface area contributed by atoms with Crippen LogP contribution in [0.3, 0.4) is 0 Å². The molecule has 2 aliphatic heterocycles. The highest BCUT2D eigenvalue weighted by Gasteiger charge is 2.43. The summed E-state index contributed by atoms with van der Waals surface area (Å²) in [4.78, 5) is 37.3. The highest BCUT2D eigenvalue weighted by atomic mass is 32.2. The molecular formula is C26H20F2N4O2S. The molecule has 2 atom stereocenters. The molecule has 2 aliphatic rings. The topological polar surface area (TPSA) is 74.1 Å². The van der Waals surface area contributed by atoms with Gasteiger partial charge in [0.05, 0.1) is 16.6 Å². The van der Waals surface area contributed by atoms with E-state index in [2.05, 4.69) is 10.3 Å². The second-order valence-electron chi connectivity index (χ2n) is 7.98. The minimum atomic E-state index is -0.738. The van der Waals surface area contributed by atoms with E-state index in [-0.39, 0.29) is 11.6 Å². The van der Waals surface area contributed by atoms with Crippen LogP contribution in [0.4, 0.5) is 20.2 Å². The summed E-state index contributed by atoms with van der Waals surface area (Å²) in [5.74, 6) is -1.71. The van der Waals surface area contributed by atoms with Crippen molar-refractivity contribution in [2.24, 2.45) is 9.98 Å². The van der Waals surface area contributed by atoms with E-state index in [1.165, 1.54) is 4.90 Å². The van der Waals surface area contributed by atoms with Crippen LogP contribution in [-0.2, 0) is 9.59 Å². The zero-order chi connectivity index (χ0) is 24.5. The molecule has 0 fully saturated rings. The molecule has 0 spiro atoms. The fraction of sp³-hybridized carbons (Fsp3) is 0.154. The van der Waals surface area contributed by atoms with E-state index in [1.807, 2.05) is 54.6 Å². The Labute approximate surface area is 204 Å². The van der Waals surface area contributed by atoms with Gasteiger partial charge < -0.3 is 5.32 Å². The largest absolute Gasteiger partial charge is 0.323 e. The number of halogens is 2. The van der Waals surface area contributed by atoms with E-state index in [1.54, 1.807) is 6.92 Å². The third kappa shape index (κ3) is 4.35. The lowest BCUT2D eigenvalue weighted by Gasteiger charge is -2.27. The number of carbonyl (C=O) groups is 2. The molecule has 6 nitrogen and oxygen atoms in total. The van der Waals surface area contributed by atoms with Crippen molar-refractivity contribution in [3.05, 3.63) is 95.6 Å². The summed E-state index contributed by atoms with van der Waals surface area (Å²) in [5, 5.41) is 2.05. The van der Waals surface area contributed by atoms with Crippen LogP contribution in [0.5, 0.6) is 0 Å². The number of hydrogen-bond acceptors (Lipinski definition) is 5. The molecule has 9 heteroatoms. The van der Waals surface area contributed by atoms with Gasteiger partial charge in [-0.2, -0.15) is 0 Å². The zero-order valence-corrected chi connectivity index (χ0v) is 19.4. The molecule has 0 saturated heterocycles. The number of rotatable bonds is 5. The maximum absolute atomic E-state index is 14.1. The third-order valence-corrected chi connectivity index (χ3v) is 7.00. The molecule has 1 N–H and O–H groups in total. The Hall–Kier alpha value is -3.85. The number of anilines is 1. The van der Waals surface area contributed by atoms with Crippen LogP contribution in [0.25, 0.3) is 0 Å². The number of amides is 2. The molecule has 2 heterocycles. The average molecular weight is 491 g/mol. The molecule has 3 aromatic rings. The standard InChI is InChI=1S/C26H20F2N4O2S/c1-2-21(24(33)29-20-14-16(27)12-13-18(20)28)35-26-30-19-11-7-6-10-17(19)23-31-22(25(34)32(23)26)15-8-4-3-5-9-15/h3-14,21-22H,2H2,1H3,(H,29,33). The minimum Gasteiger partial charge on any atom is -0.323 e. The monoisotopic (exact) mass is 490 g/mol. The second-order valence-corrected chi connectivity index (χ2v) is 9.15. The fourth-order valence-corrected chi connectivity index (χ4v) is 4.96. The first-order valence-corrected chi connectivity index (χ1v) is 11.9. The summed E-state index contributed by atoms with van der Waals surface area (Å²) < 4.78 is 27.6.